The fourth-order valence-electron chi connectivity index (χ4n) is 11.3. The van der Waals surface area contributed by atoms with Crippen LogP contribution in [0.1, 0.15) is 88.5 Å². The van der Waals surface area contributed by atoms with E-state index < -0.39 is 0 Å². The summed E-state index contributed by atoms with van der Waals surface area (Å²) in [6.07, 6.45) is 4.05. The summed E-state index contributed by atoms with van der Waals surface area (Å²) in [6.45, 7) is 13.8. The van der Waals surface area contributed by atoms with E-state index in [9.17, 15) is 0 Å². The highest BCUT2D eigenvalue weighted by atomic mass is 16.3. The number of anilines is 6. The van der Waals surface area contributed by atoms with Gasteiger partial charge in [-0.3, -0.25) is 0 Å². The lowest BCUT2D eigenvalue weighted by molar-refractivity contribution is 0.661. The van der Waals surface area contributed by atoms with Crippen LogP contribution in [0.15, 0.2) is 179 Å². The zero-order valence-electron chi connectivity index (χ0n) is 39.9. The molecule has 4 nitrogen and oxygen atoms in total. The second kappa shape index (κ2) is 16.6. The van der Waals surface area contributed by atoms with Crippen molar-refractivity contribution >= 4 is 110 Å². The Bertz CT molecular complexity index is 3590. The van der Waals surface area contributed by atoms with Crippen molar-refractivity contribution in [3.63, 3.8) is 0 Å². The van der Waals surface area contributed by atoms with Crippen LogP contribution >= 0.6 is 0 Å². The Morgan fingerprint density at radius 1 is 0.353 bits per heavy atom. The Morgan fingerprint density at radius 2 is 0.721 bits per heavy atom. The van der Waals surface area contributed by atoms with Gasteiger partial charge in [0, 0.05) is 43.7 Å². The average molecular weight is 885 g/mol. The van der Waals surface area contributed by atoms with Gasteiger partial charge >= 0.3 is 0 Å². The lowest BCUT2D eigenvalue weighted by Gasteiger charge is -2.31. The van der Waals surface area contributed by atoms with E-state index in [4.69, 9.17) is 8.83 Å². The van der Waals surface area contributed by atoms with Crippen LogP contribution in [0.25, 0.3) is 76.2 Å². The summed E-state index contributed by atoms with van der Waals surface area (Å²) >= 11 is 0. The second-order valence-corrected chi connectivity index (χ2v) is 19.3. The molecule has 0 aliphatic carbocycles. The first-order valence-electron chi connectivity index (χ1n) is 24.7. The quantitative estimate of drug-likeness (QED) is 0.114. The van der Waals surface area contributed by atoms with Gasteiger partial charge in [-0.2, -0.15) is 0 Å². The van der Waals surface area contributed by atoms with E-state index in [-0.39, 0.29) is 11.8 Å². The fourth-order valence-corrected chi connectivity index (χ4v) is 11.3. The minimum Gasteiger partial charge on any atom is -0.454 e. The number of hydrogen-bond donors (Lipinski definition) is 0. The fraction of sp³-hybridized carbons (Fsp3) is 0.188. The summed E-state index contributed by atoms with van der Waals surface area (Å²) < 4.78 is 14.2. The SMILES string of the molecule is CCCc1cccc2c1oc1c(N(c3ccccc3)c3cc(C(C)C)c4ccc5c(N(c6ccccc6)c6cccc7c6oc6c(CCC)cccc67)cc(C(C)C)c6ccc3c4c65)cccc12. The molecule has 68 heavy (non-hydrogen) atoms. The number of benzene rings is 10. The molecule has 0 saturated carbocycles. The van der Waals surface area contributed by atoms with Crippen LogP contribution in [0.2, 0.25) is 0 Å². The Labute approximate surface area is 398 Å². The molecule has 0 radical (unpaired) electrons. The summed E-state index contributed by atoms with van der Waals surface area (Å²) in [5.74, 6) is 0.505. The van der Waals surface area contributed by atoms with E-state index in [1.54, 1.807) is 0 Å². The van der Waals surface area contributed by atoms with Crippen molar-refractivity contribution in [2.75, 3.05) is 9.80 Å². The third-order valence-electron chi connectivity index (χ3n) is 14.4. The molecule has 0 saturated heterocycles. The predicted molar refractivity (Wildman–Crippen MR) is 290 cm³/mol. The maximum atomic E-state index is 7.08. The maximum Gasteiger partial charge on any atom is 0.159 e. The number of furan rings is 2. The average Bonchev–Trinajstić information content (AvgIpc) is 3.95. The number of nitrogens with zero attached hydrogens (tertiary/aromatic N) is 2. The predicted octanol–water partition coefficient (Wildman–Crippen LogP) is 19.5. The zero-order chi connectivity index (χ0) is 46.2. The van der Waals surface area contributed by atoms with Gasteiger partial charge in [-0.15, -0.1) is 0 Å². The Hall–Kier alpha value is -7.56. The highest BCUT2D eigenvalue weighted by molar-refractivity contribution is 6.30. The number of aryl methyl sites for hydroxylation is 2. The molecule has 12 aromatic rings. The number of hydrogen-bond acceptors (Lipinski definition) is 4. The van der Waals surface area contributed by atoms with Crippen molar-refractivity contribution in [3.8, 4) is 0 Å². The number of fused-ring (bicyclic) bond motifs is 6. The van der Waals surface area contributed by atoms with Gasteiger partial charge in [-0.05, 0) is 117 Å². The molecule has 0 aliphatic heterocycles. The van der Waals surface area contributed by atoms with Gasteiger partial charge in [0.1, 0.15) is 11.2 Å². The van der Waals surface area contributed by atoms with Gasteiger partial charge in [-0.25, -0.2) is 0 Å². The van der Waals surface area contributed by atoms with Gasteiger partial charge in [0.2, 0.25) is 0 Å². The van der Waals surface area contributed by atoms with E-state index in [1.165, 1.54) is 54.6 Å². The van der Waals surface area contributed by atoms with Crippen molar-refractivity contribution in [3.05, 3.63) is 192 Å². The molecule has 10 aromatic carbocycles. The van der Waals surface area contributed by atoms with Crippen molar-refractivity contribution in [1.82, 2.24) is 0 Å². The normalized spacial score (nSPS) is 12.2. The summed E-state index contributed by atoms with van der Waals surface area (Å²) in [7, 11) is 0. The Morgan fingerprint density at radius 3 is 1.10 bits per heavy atom. The molecule has 0 aliphatic rings. The van der Waals surface area contributed by atoms with Gasteiger partial charge in [0.15, 0.2) is 11.2 Å². The van der Waals surface area contributed by atoms with Crippen LogP contribution in [0.3, 0.4) is 0 Å². The van der Waals surface area contributed by atoms with Gasteiger partial charge in [0.25, 0.3) is 0 Å². The molecular weight excluding hydrogens is 829 g/mol. The topological polar surface area (TPSA) is 32.8 Å². The first kappa shape index (κ1) is 41.8. The molecule has 0 N–H and O–H groups in total. The van der Waals surface area contributed by atoms with Crippen LogP contribution in [0.5, 0.6) is 0 Å². The Balaban J connectivity index is 1.18. The summed E-state index contributed by atoms with van der Waals surface area (Å²) in [4.78, 5) is 4.91. The summed E-state index contributed by atoms with van der Waals surface area (Å²) in [6, 6.07) is 62.7. The van der Waals surface area contributed by atoms with E-state index in [0.717, 1.165) is 104 Å². The van der Waals surface area contributed by atoms with Gasteiger partial charge in [-0.1, -0.05) is 176 Å². The molecule has 2 aromatic heterocycles. The second-order valence-electron chi connectivity index (χ2n) is 19.3. The molecule has 334 valence electrons. The molecule has 0 fully saturated rings. The van der Waals surface area contributed by atoms with Crippen LogP contribution in [-0.2, 0) is 12.8 Å². The monoisotopic (exact) mass is 884 g/mol. The lowest BCUT2D eigenvalue weighted by Crippen LogP contribution is -2.13. The van der Waals surface area contributed by atoms with Crippen molar-refractivity contribution < 1.29 is 8.83 Å². The Kier molecular flexibility index (Phi) is 10.2. The molecule has 0 amide bonds. The molecule has 2 heterocycles. The number of para-hydroxylation sites is 6. The maximum absolute atomic E-state index is 7.08. The van der Waals surface area contributed by atoms with Crippen LogP contribution in [0.4, 0.5) is 34.1 Å². The van der Waals surface area contributed by atoms with E-state index in [2.05, 4.69) is 221 Å². The van der Waals surface area contributed by atoms with Gasteiger partial charge < -0.3 is 18.6 Å². The third kappa shape index (κ3) is 6.48. The third-order valence-corrected chi connectivity index (χ3v) is 14.4. The molecular formula is C64H56N2O2. The minimum atomic E-state index is 0.252. The van der Waals surface area contributed by atoms with E-state index >= 15 is 0 Å². The standard InChI is InChI=1S/C64H56N2O2/c1-7-19-41-21-15-27-47-49-29-17-31-55(63(49)67-61(41)47)65(43-23-11-9-12-24-43)57-37-53(39(3)4)45-34-36-52-58(38-54(40(5)6)46-33-35-51(57)59(45)60(46)52)66(44-25-13-10-14-26-44)56-32-18-30-50-48-28-16-22-42(20-8-2)62(48)68-64(50)56/h9-18,21-40H,7-8,19-20H2,1-6H3. The van der Waals surface area contributed by atoms with Crippen molar-refractivity contribution in [2.24, 2.45) is 0 Å². The molecule has 0 bridgehead atoms. The highest BCUT2D eigenvalue weighted by Gasteiger charge is 2.29. The summed E-state index contributed by atoms with van der Waals surface area (Å²) in [5.41, 5.74) is 15.4. The highest BCUT2D eigenvalue weighted by Crippen LogP contribution is 2.53. The molecule has 0 atom stereocenters. The molecule has 12 rings (SSSR count). The van der Waals surface area contributed by atoms with Crippen LogP contribution < -0.4 is 9.80 Å². The first-order chi connectivity index (χ1) is 33.3. The van der Waals surface area contributed by atoms with E-state index in [1.807, 2.05) is 0 Å². The molecule has 0 unspecified atom stereocenters. The van der Waals surface area contributed by atoms with Crippen LogP contribution in [-0.4, -0.2) is 0 Å². The smallest absolute Gasteiger partial charge is 0.159 e. The van der Waals surface area contributed by atoms with Crippen molar-refractivity contribution in [1.29, 1.82) is 0 Å². The molecule has 0 spiro atoms. The number of rotatable bonds is 12. The first-order valence-corrected chi connectivity index (χ1v) is 24.7. The largest absolute Gasteiger partial charge is 0.454 e. The van der Waals surface area contributed by atoms with Gasteiger partial charge in [0.05, 0.1) is 22.7 Å². The minimum absolute atomic E-state index is 0.252. The molecule has 4 heteroatoms. The lowest BCUT2D eigenvalue weighted by atomic mass is 9.84. The van der Waals surface area contributed by atoms with E-state index in [0.29, 0.717) is 0 Å². The van der Waals surface area contributed by atoms with Crippen LogP contribution in [0, 0.1) is 0 Å². The zero-order valence-corrected chi connectivity index (χ0v) is 39.9. The summed E-state index contributed by atoms with van der Waals surface area (Å²) in [5, 5.41) is 12.1. The van der Waals surface area contributed by atoms with Crippen molar-refractivity contribution in [2.45, 2.75) is 79.1 Å².